The molecule has 114 valence electrons. The van der Waals surface area contributed by atoms with Crippen LogP contribution in [0.1, 0.15) is 39.5 Å². The van der Waals surface area contributed by atoms with Gasteiger partial charge in [0.15, 0.2) is 0 Å². The highest BCUT2D eigenvalue weighted by Gasteiger charge is 2.35. The second-order valence-corrected chi connectivity index (χ2v) is 6.16. The van der Waals surface area contributed by atoms with E-state index in [4.69, 9.17) is 5.11 Å². The molecule has 5 nitrogen and oxygen atoms in total. The van der Waals surface area contributed by atoms with Crippen LogP contribution in [0.4, 0.5) is 0 Å². The van der Waals surface area contributed by atoms with Crippen molar-refractivity contribution in [2.75, 3.05) is 26.2 Å². The smallest absolute Gasteiger partial charge is 0.306 e. The van der Waals surface area contributed by atoms with Gasteiger partial charge >= 0.3 is 5.97 Å². The van der Waals surface area contributed by atoms with Crippen LogP contribution >= 0.6 is 0 Å². The molecule has 3 unspecified atom stereocenters. The van der Waals surface area contributed by atoms with Crippen LogP contribution in [-0.4, -0.2) is 59.0 Å². The van der Waals surface area contributed by atoms with Crippen LogP contribution in [0.2, 0.25) is 0 Å². The van der Waals surface area contributed by atoms with Crippen molar-refractivity contribution in [3.05, 3.63) is 0 Å². The molecule has 2 fully saturated rings. The summed E-state index contributed by atoms with van der Waals surface area (Å²) >= 11 is 0. The Hall–Kier alpha value is -1.10. The predicted molar refractivity (Wildman–Crippen MR) is 76.4 cm³/mol. The highest BCUT2D eigenvalue weighted by Crippen LogP contribution is 2.31. The van der Waals surface area contributed by atoms with Crippen molar-refractivity contribution in [3.8, 4) is 0 Å². The Bertz CT molecular complexity index is 372. The average Bonchev–Trinajstić information content (AvgIpc) is 2.46. The highest BCUT2D eigenvalue weighted by atomic mass is 16.4. The van der Waals surface area contributed by atoms with Gasteiger partial charge in [-0.05, 0) is 32.7 Å². The van der Waals surface area contributed by atoms with Crippen molar-refractivity contribution in [3.63, 3.8) is 0 Å². The Balaban J connectivity index is 1.92. The molecular weight excluding hydrogens is 256 g/mol. The maximum Gasteiger partial charge on any atom is 0.306 e. The van der Waals surface area contributed by atoms with Gasteiger partial charge in [0.25, 0.3) is 0 Å². The zero-order chi connectivity index (χ0) is 14.7. The molecule has 0 aromatic rings. The van der Waals surface area contributed by atoms with E-state index in [0.29, 0.717) is 12.5 Å². The van der Waals surface area contributed by atoms with Crippen LogP contribution in [-0.2, 0) is 9.59 Å². The molecule has 0 aromatic carbocycles. The fourth-order valence-electron chi connectivity index (χ4n) is 3.56. The minimum atomic E-state index is -0.744. The van der Waals surface area contributed by atoms with Gasteiger partial charge in [0.2, 0.25) is 5.91 Å². The van der Waals surface area contributed by atoms with E-state index >= 15 is 0 Å². The molecule has 20 heavy (non-hydrogen) atoms. The molecule has 1 amide bonds. The van der Waals surface area contributed by atoms with Crippen LogP contribution in [0.25, 0.3) is 0 Å². The molecule has 0 radical (unpaired) electrons. The van der Waals surface area contributed by atoms with Crippen LogP contribution in [0.5, 0.6) is 0 Å². The van der Waals surface area contributed by atoms with Gasteiger partial charge < -0.3 is 10.0 Å². The summed E-state index contributed by atoms with van der Waals surface area (Å²) in [7, 11) is 0. The van der Waals surface area contributed by atoms with Gasteiger partial charge in [-0.3, -0.25) is 14.5 Å². The molecule has 0 aromatic heterocycles. The van der Waals surface area contributed by atoms with Gasteiger partial charge in [0.05, 0.1) is 5.92 Å². The summed E-state index contributed by atoms with van der Waals surface area (Å²) in [4.78, 5) is 28.0. The third-order valence-corrected chi connectivity index (χ3v) is 4.86. The van der Waals surface area contributed by atoms with E-state index in [0.717, 1.165) is 45.4 Å². The molecule has 0 spiro atoms. The number of rotatable bonds is 3. The summed E-state index contributed by atoms with van der Waals surface area (Å²) in [5.41, 5.74) is 0. The number of carbonyl (C=O) groups excluding carboxylic acids is 1. The molecule has 3 atom stereocenters. The van der Waals surface area contributed by atoms with E-state index in [1.54, 1.807) is 0 Å². The van der Waals surface area contributed by atoms with Gasteiger partial charge in [0, 0.05) is 31.6 Å². The van der Waals surface area contributed by atoms with Crippen molar-refractivity contribution < 1.29 is 14.7 Å². The first-order chi connectivity index (χ1) is 9.52. The summed E-state index contributed by atoms with van der Waals surface area (Å²) in [6.07, 6.45) is 2.96. The van der Waals surface area contributed by atoms with E-state index in [2.05, 4.69) is 18.7 Å². The lowest BCUT2D eigenvalue weighted by Crippen LogP contribution is -2.54. The maximum atomic E-state index is 12.6. The summed E-state index contributed by atoms with van der Waals surface area (Å²) in [6, 6.07) is 0.400. The first kappa shape index (κ1) is 15.3. The number of carboxylic acids is 1. The predicted octanol–water partition coefficient (Wildman–Crippen LogP) is 1.43. The lowest BCUT2D eigenvalue weighted by Gasteiger charge is -2.41. The summed E-state index contributed by atoms with van der Waals surface area (Å²) < 4.78 is 0. The molecule has 0 bridgehead atoms. The van der Waals surface area contributed by atoms with E-state index in [1.807, 2.05) is 4.90 Å². The molecule has 1 heterocycles. The third kappa shape index (κ3) is 3.32. The monoisotopic (exact) mass is 282 g/mol. The van der Waals surface area contributed by atoms with Crippen molar-refractivity contribution >= 4 is 11.9 Å². The number of amides is 1. The zero-order valence-electron chi connectivity index (χ0n) is 12.5. The van der Waals surface area contributed by atoms with Crippen molar-refractivity contribution in [2.45, 2.75) is 45.6 Å². The molecular formula is C15H26N2O3. The van der Waals surface area contributed by atoms with Gasteiger partial charge in [-0.2, -0.15) is 0 Å². The van der Waals surface area contributed by atoms with Crippen LogP contribution in [0.15, 0.2) is 0 Å². The number of nitrogens with zero attached hydrogens (tertiary/aromatic N) is 2. The average molecular weight is 282 g/mol. The van der Waals surface area contributed by atoms with E-state index in [1.165, 1.54) is 0 Å². The fourth-order valence-corrected chi connectivity index (χ4v) is 3.56. The zero-order valence-corrected chi connectivity index (χ0v) is 12.5. The summed E-state index contributed by atoms with van der Waals surface area (Å²) in [5.74, 6) is -0.970. The maximum absolute atomic E-state index is 12.6. The SMILES string of the molecule is CCN1CCN(C(=O)C2CCCC(C(=O)O)C2)CC1C. The van der Waals surface area contributed by atoms with Crippen LogP contribution in [0.3, 0.4) is 0 Å². The summed E-state index contributed by atoms with van der Waals surface area (Å²) in [6.45, 7) is 7.81. The van der Waals surface area contributed by atoms with Crippen molar-refractivity contribution in [2.24, 2.45) is 11.8 Å². The third-order valence-electron chi connectivity index (χ3n) is 4.86. The lowest BCUT2D eigenvalue weighted by molar-refractivity contribution is -0.146. The number of hydrogen-bond donors (Lipinski definition) is 1. The van der Waals surface area contributed by atoms with Gasteiger partial charge in [-0.15, -0.1) is 0 Å². The van der Waals surface area contributed by atoms with Crippen molar-refractivity contribution in [1.82, 2.24) is 9.80 Å². The normalized spacial score (nSPS) is 32.1. The molecule has 5 heteroatoms. The Morgan fingerprint density at radius 3 is 2.50 bits per heavy atom. The second kappa shape index (κ2) is 6.57. The molecule has 1 N–H and O–H groups in total. The minimum Gasteiger partial charge on any atom is -0.481 e. The second-order valence-electron chi connectivity index (χ2n) is 6.16. The number of carbonyl (C=O) groups is 2. The van der Waals surface area contributed by atoms with Gasteiger partial charge in [-0.1, -0.05) is 13.3 Å². The molecule has 2 rings (SSSR count). The Morgan fingerprint density at radius 2 is 1.90 bits per heavy atom. The molecule has 1 saturated heterocycles. The highest BCUT2D eigenvalue weighted by molar-refractivity contribution is 5.80. The number of hydrogen-bond acceptors (Lipinski definition) is 3. The number of carboxylic acid groups (broad SMARTS) is 1. The number of aliphatic carboxylic acids is 1. The van der Waals surface area contributed by atoms with E-state index in [9.17, 15) is 9.59 Å². The largest absolute Gasteiger partial charge is 0.481 e. The quantitative estimate of drug-likeness (QED) is 0.850. The van der Waals surface area contributed by atoms with Crippen LogP contribution in [0, 0.1) is 11.8 Å². The van der Waals surface area contributed by atoms with Gasteiger partial charge in [-0.25, -0.2) is 0 Å². The van der Waals surface area contributed by atoms with Crippen LogP contribution < -0.4 is 0 Å². The minimum absolute atomic E-state index is 0.0785. The molecule has 1 aliphatic heterocycles. The molecule has 1 saturated carbocycles. The standard InChI is InChI=1S/C15H26N2O3/c1-3-16-7-8-17(10-11(16)2)14(18)12-5-4-6-13(9-12)15(19)20/h11-13H,3-10H2,1-2H3,(H,19,20). The first-order valence-corrected chi connectivity index (χ1v) is 7.78. The molecule has 2 aliphatic rings. The van der Waals surface area contributed by atoms with E-state index < -0.39 is 5.97 Å². The lowest BCUT2D eigenvalue weighted by atomic mass is 9.80. The number of piperazine rings is 1. The van der Waals surface area contributed by atoms with Crippen molar-refractivity contribution in [1.29, 1.82) is 0 Å². The molecule has 1 aliphatic carbocycles. The first-order valence-electron chi connectivity index (χ1n) is 7.78. The Labute approximate surface area is 120 Å². The fraction of sp³-hybridized carbons (Fsp3) is 0.867. The number of likely N-dealkylation sites (N-methyl/N-ethyl adjacent to an activating group) is 1. The van der Waals surface area contributed by atoms with Gasteiger partial charge in [0.1, 0.15) is 0 Å². The Kier molecular flexibility index (Phi) is 5.02. The topological polar surface area (TPSA) is 60.9 Å². The summed E-state index contributed by atoms with van der Waals surface area (Å²) in [5, 5.41) is 9.13. The van der Waals surface area contributed by atoms with E-state index in [-0.39, 0.29) is 17.7 Å². The Morgan fingerprint density at radius 1 is 1.20 bits per heavy atom.